The Labute approximate surface area is 57.6 Å². The van der Waals surface area contributed by atoms with E-state index in [1.165, 1.54) is 0 Å². The van der Waals surface area contributed by atoms with Gasteiger partial charge in [-0.2, -0.15) is 0 Å². The van der Waals surface area contributed by atoms with Crippen LogP contribution in [0.5, 0.6) is 0 Å². The van der Waals surface area contributed by atoms with Crippen LogP contribution in [0, 0.1) is 0 Å². The van der Waals surface area contributed by atoms with Crippen molar-refractivity contribution < 1.29 is 23.9 Å². The van der Waals surface area contributed by atoms with Crippen LogP contribution in [0.2, 0.25) is 0 Å². The van der Waals surface area contributed by atoms with Gasteiger partial charge in [-0.1, -0.05) is 0 Å². The first-order chi connectivity index (χ1) is 4.57. The molecule has 0 heterocycles. The Kier molecular flexibility index (Phi) is 4.06. The zero-order valence-corrected chi connectivity index (χ0v) is 5.78. The van der Waals surface area contributed by atoms with Gasteiger partial charge in [-0.05, 0) is 4.57 Å². The zero-order chi connectivity index (χ0) is 8.15. The number of hydrogen-bond donors (Lipinski definition) is 2. The Bertz CT molecular complexity index is 148. The molecular weight excluding hydrogens is 161 g/mol. The fourth-order valence-electron chi connectivity index (χ4n) is 0.216. The first-order valence-corrected chi connectivity index (χ1v) is 3.40. The van der Waals surface area contributed by atoms with E-state index in [1.54, 1.807) is 0 Å². The van der Waals surface area contributed by atoms with Crippen LogP contribution >= 0.6 is 8.25 Å². The molecule has 7 heteroatoms. The van der Waals surface area contributed by atoms with E-state index in [2.05, 4.69) is 4.52 Å². The van der Waals surface area contributed by atoms with Gasteiger partial charge >= 0.3 is 14.2 Å². The molecule has 0 radical (unpaired) electrons. The standard InChI is InChI=1S/C3H6NO5P/c4-2(1-5)3(6)9-10(7)8/h2,5H,1,4H2/t2-/m0/s1. The summed E-state index contributed by atoms with van der Waals surface area (Å²) < 4.78 is 13.3. The summed E-state index contributed by atoms with van der Waals surface area (Å²) >= 11 is 0. The average Bonchev–Trinajstić information content (AvgIpc) is 1.85. The zero-order valence-electron chi connectivity index (χ0n) is 4.89. The number of aliphatic hydroxyl groups excluding tert-OH is 1. The molecule has 0 saturated carbocycles. The molecule has 0 spiro atoms. The second-order valence-electron chi connectivity index (χ2n) is 1.42. The van der Waals surface area contributed by atoms with Crippen LogP contribution in [0.3, 0.4) is 0 Å². The molecule has 0 aromatic rings. The lowest BCUT2D eigenvalue weighted by molar-refractivity contribution is -0.188. The fourth-order valence-corrected chi connectivity index (χ4v) is 0.498. The van der Waals surface area contributed by atoms with E-state index >= 15 is 0 Å². The first kappa shape index (κ1) is 9.45. The van der Waals surface area contributed by atoms with Crippen molar-refractivity contribution in [1.29, 1.82) is 0 Å². The summed E-state index contributed by atoms with van der Waals surface area (Å²) in [6, 6.07) is -1.28. The molecule has 0 aliphatic rings. The Balaban J connectivity index is 3.73. The molecule has 0 saturated heterocycles. The monoisotopic (exact) mass is 167 g/mol. The predicted octanol–water partition coefficient (Wildman–Crippen LogP) is -2.13. The quantitative estimate of drug-likeness (QED) is 0.464. The number of nitrogens with two attached hydrogens (primary N) is 1. The fraction of sp³-hybridized carbons (Fsp3) is 0.667. The SMILES string of the molecule is N[C@@H](CO)C(=O)O[P+](=O)[O-]. The summed E-state index contributed by atoms with van der Waals surface area (Å²) in [5, 5.41) is 8.20. The molecule has 0 aromatic heterocycles. The molecule has 58 valence electrons. The third kappa shape index (κ3) is 3.47. The Morgan fingerprint density at radius 3 is 2.70 bits per heavy atom. The molecule has 10 heavy (non-hydrogen) atoms. The van der Waals surface area contributed by atoms with Crippen molar-refractivity contribution in [3.05, 3.63) is 0 Å². The minimum absolute atomic E-state index is 0.637. The molecule has 2 atom stereocenters. The number of rotatable bonds is 3. The van der Waals surface area contributed by atoms with Gasteiger partial charge in [0.2, 0.25) is 0 Å². The molecular formula is C3H6NO5P. The maximum Gasteiger partial charge on any atom is 0.542 e. The summed E-state index contributed by atoms with van der Waals surface area (Å²) in [6.45, 7) is -0.637. The van der Waals surface area contributed by atoms with Gasteiger partial charge in [0.15, 0.2) is 0 Å². The maximum atomic E-state index is 10.3. The van der Waals surface area contributed by atoms with E-state index in [-0.39, 0.29) is 0 Å². The van der Waals surface area contributed by atoms with E-state index in [1.807, 2.05) is 0 Å². The molecule has 6 nitrogen and oxygen atoms in total. The number of aliphatic hydroxyl groups is 1. The number of hydrogen-bond acceptors (Lipinski definition) is 6. The molecule has 0 aliphatic heterocycles. The van der Waals surface area contributed by atoms with Gasteiger partial charge in [0, 0.05) is 0 Å². The highest BCUT2D eigenvalue weighted by Crippen LogP contribution is 2.09. The molecule has 3 N–H and O–H groups in total. The highest BCUT2D eigenvalue weighted by Gasteiger charge is 2.20. The van der Waals surface area contributed by atoms with Crippen LogP contribution in [-0.4, -0.2) is 23.7 Å². The maximum absolute atomic E-state index is 10.3. The van der Waals surface area contributed by atoms with E-state index in [4.69, 9.17) is 10.8 Å². The second kappa shape index (κ2) is 4.29. The van der Waals surface area contributed by atoms with Gasteiger partial charge in [-0.3, -0.25) is 0 Å². The molecule has 0 bridgehead atoms. The van der Waals surface area contributed by atoms with Crippen LogP contribution in [0.25, 0.3) is 0 Å². The van der Waals surface area contributed by atoms with Crippen LogP contribution in [0.1, 0.15) is 0 Å². The number of carbonyl (C=O) groups excluding carboxylic acids is 1. The van der Waals surface area contributed by atoms with Gasteiger partial charge in [-0.25, -0.2) is 9.32 Å². The van der Waals surface area contributed by atoms with Crippen molar-refractivity contribution in [3.63, 3.8) is 0 Å². The third-order valence-corrected chi connectivity index (χ3v) is 0.993. The lowest BCUT2D eigenvalue weighted by Gasteiger charge is -1.99. The smallest absolute Gasteiger partial charge is 0.542 e. The minimum atomic E-state index is -3.22. The molecule has 0 aromatic carbocycles. The Morgan fingerprint density at radius 1 is 1.90 bits per heavy atom. The lowest BCUT2D eigenvalue weighted by atomic mass is 10.3. The normalized spacial score (nSPS) is 14.1. The van der Waals surface area contributed by atoms with Crippen LogP contribution in [0.4, 0.5) is 0 Å². The van der Waals surface area contributed by atoms with E-state index in [0.717, 1.165) is 0 Å². The van der Waals surface area contributed by atoms with Gasteiger partial charge in [0.25, 0.3) is 0 Å². The molecule has 0 aliphatic carbocycles. The van der Waals surface area contributed by atoms with Gasteiger partial charge < -0.3 is 15.7 Å². The molecule has 0 rings (SSSR count). The van der Waals surface area contributed by atoms with Crippen molar-refractivity contribution in [2.24, 2.45) is 5.73 Å². The summed E-state index contributed by atoms with van der Waals surface area (Å²) in [5.41, 5.74) is 4.87. The van der Waals surface area contributed by atoms with Crippen molar-refractivity contribution in [2.75, 3.05) is 6.61 Å². The summed E-state index contributed by atoms with van der Waals surface area (Å²) in [7, 11) is -3.22. The summed E-state index contributed by atoms with van der Waals surface area (Å²) in [5.74, 6) is -1.15. The number of carbonyl (C=O) groups is 1. The van der Waals surface area contributed by atoms with Crippen molar-refractivity contribution in [3.8, 4) is 0 Å². The van der Waals surface area contributed by atoms with E-state index in [0.29, 0.717) is 0 Å². The summed E-state index contributed by atoms with van der Waals surface area (Å²) in [4.78, 5) is 20.0. The van der Waals surface area contributed by atoms with Gasteiger partial charge in [0.05, 0.1) is 6.61 Å². The van der Waals surface area contributed by atoms with Crippen LogP contribution < -0.4 is 10.6 Å². The minimum Gasteiger partial charge on any atom is -0.558 e. The molecule has 0 amide bonds. The molecule has 1 unspecified atom stereocenters. The van der Waals surface area contributed by atoms with Gasteiger partial charge in [-0.15, -0.1) is 0 Å². The second-order valence-corrected chi connectivity index (χ2v) is 2.05. The predicted molar refractivity (Wildman–Crippen MR) is 28.8 cm³/mol. The first-order valence-electron chi connectivity index (χ1n) is 2.30. The van der Waals surface area contributed by atoms with E-state index in [9.17, 15) is 14.3 Å². The third-order valence-electron chi connectivity index (χ3n) is 0.664. The highest BCUT2D eigenvalue weighted by molar-refractivity contribution is 7.31. The largest absolute Gasteiger partial charge is 0.558 e. The van der Waals surface area contributed by atoms with Gasteiger partial charge in [0.1, 0.15) is 6.04 Å². The van der Waals surface area contributed by atoms with E-state index < -0.39 is 26.9 Å². The Hall–Kier alpha value is -0.550. The lowest BCUT2D eigenvalue weighted by Crippen LogP contribution is -2.34. The van der Waals surface area contributed by atoms with Crippen LogP contribution in [0.15, 0.2) is 0 Å². The average molecular weight is 167 g/mol. The van der Waals surface area contributed by atoms with Crippen LogP contribution in [-0.2, 0) is 13.9 Å². The Morgan fingerprint density at radius 2 is 2.40 bits per heavy atom. The molecule has 0 fully saturated rings. The summed E-state index contributed by atoms with van der Waals surface area (Å²) in [6.07, 6.45) is 0. The van der Waals surface area contributed by atoms with Crippen molar-refractivity contribution in [1.82, 2.24) is 0 Å². The topological polar surface area (TPSA) is 113 Å². The van der Waals surface area contributed by atoms with Crippen molar-refractivity contribution in [2.45, 2.75) is 6.04 Å². The highest BCUT2D eigenvalue weighted by atomic mass is 31.1. The van der Waals surface area contributed by atoms with Crippen molar-refractivity contribution >= 4 is 14.2 Å².